The highest BCUT2D eigenvalue weighted by Gasteiger charge is 2.29. The fourth-order valence-electron chi connectivity index (χ4n) is 2.76. The zero-order valence-corrected chi connectivity index (χ0v) is 12.0. The molecule has 1 saturated carbocycles. The van der Waals surface area contributed by atoms with E-state index in [-0.39, 0.29) is 23.6 Å². The maximum atomic E-state index is 12.0. The zero-order chi connectivity index (χ0) is 14.8. The highest BCUT2D eigenvalue weighted by Crippen LogP contribution is 2.33. The van der Waals surface area contributed by atoms with Crippen LogP contribution in [0.3, 0.4) is 0 Å². The minimum absolute atomic E-state index is 0.0376. The molecular weight excluding hydrogens is 292 g/mol. The van der Waals surface area contributed by atoms with Crippen LogP contribution >= 0.6 is 11.6 Å². The van der Waals surface area contributed by atoms with Crippen LogP contribution in [0.25, 0.3) is 0 Å². The highest BCUT2D eigenvalue weighted by molar-refractivity contribution is 6.30. The van der Waals surface area contributed by atoms with Gasteiger partial charge in [0.05, 0.1) is 0 Å². The van der Waals surface area contributed by atoms with E-state index in [4.69, 9.17) is 17.3 Å². The SMILES string of the molecule is Nc1nonc1N[C@H]1CC(=O)C[C@@H](c2cccc(Cl)c2)C1. The summed E-state index contributed by atoms with van der Waals surface area (Å²) in [5.74, 6) is 0.939. The second-order valence-electron chi connectivity index (χ2n) is 5.27. The third-order valence-electron chi connectivity index (χ3n) is 3.69. The highest BCUT2D eigenvalue weighted by atomic mass is 35.5. The largest absolute Gasteiger partial charge is 0.378 e. The van der Waals surface area contributed by atoms with Gasteiger partial charge in [0.1, 0.15) is 5.78 Å². The number of nitrogens with zero attached hydrogens (tertiary/aromatic N) is 2. The number of carbonyl (C=O) groups is 1. The second-order valence-corrected chi connectivity index (χ2v) is 5.71. The molecule has 0 spiro atoms. The van der Waals surface area contributed by atoms with Crippen molar-refractivity contribution in [3.8, 4) is 0 Å². The number of hydrogen-bond acceptors (Lipinski definition) is 6. The van der Waals surface area contributed by atoms with E-state index in [1.165, 1.54) is 0 Å². The molecule has 6 nitrogen and oxygen atoms in total. The van der Waals surface area contributed by atoms with E-state index in [0.717, 1.165) is 12.0 Å². The molecule has 0 bridgehead atoms. The van der Waals surface area contributed by atoms with Crippen LogP contribution in [0.5, 0.6) is 0 Å². The van der Waals surface area contributed by atoms with Gasteiger partial charge in [0.2, 0.25) is 11.6 Å². The molecule has 3 rings (SSSR count). The number of carbonyl (C=O) groups excluding carboxylic acids is 1. The Morgan fingerprint density at radius 2 is 2.19 bits per heavy atom. The average molecular weight is 307 g/mol. The molecule has 1 aliphatic carbocycles. The molecule has 110 valence electrons. The van der Waals surface area contributed by atoms with E-state index in [1.807, 2.05) is 24.3 Å². The summed E-state index contributed by atoms with van der Waals surface area (Å²) in [6.07, 6.45) is 1.78. The lowest BCUT2D eigenvalue weighted by atomic mass is 9.80. The quantitative estimate of drug-likeness (QED) is 0.905. The summed E-state index contributed by atoms with van der Waals surface area (Å²) in [5, 5.41) is 11.0. The van der Waals surface area contributed by atoms with Gasteiger partial charge in [-0.2, -0.15) is 0 Å². The Hall–Kier alpha value is -2.08. The fourth-order valence-corrected chi connectivity index (χ4v) is 2.96. The molecule has 0 unspecified atom stereocenters. The van der Waals surface area contributed by atoms with Crippen LogP contribution in [-0.2, 0) is 4.79 Å². The Morgan fingerprint density at radius 3 is 2.90 bits per heavy atom. The van der Waals surface area contributed by atoms with E-state index in [9.17, 15) is 4.79 Å². The van der Waals surface area contributed by atoms with Gasteiger partial charge < -0.3 is 11.1 Å². The summed E-state index contributed by atoms with van der Waals surface area (Å²) in [6, 6.07) is 7.60. The molecule has 0 aliphatic heterocycles. The third-order valence-corrected chi connectivity index (χ3v) is 3.93. The number of benzene rings is 1. The maximum absolute atomic E-state index is 12.0. The molecule has 0 saturated heterocycles. The number of anilines is 2. The molecule has 1 heterocycles. The van der Waals surface area contributed by atoms with Crippen LogP contribution in [0.2, 0.25) is 5.02 Å². The molecule has 0 amide bonds. The standard InChI is InChI=1S/C14H15ClN4O2/c15-10-3-1-2-8(4-10)9-5-11(7-12(20)6-9)17-14-13(16)18-21-19-14/h1-4,9,11H,5-7H2,(H2,16,18)(H,17,19)/t9-,11+/m0/s1. The van der Waals surface area contributed by atoms with Crippen molar-refractivity contribution in [3.63, 3.8) is 0 Å². The monoisotopic (exact) mass is 306 g/mol. The summed E-state index contributed by atoms with van der Waals surface area (Å²) in [7, 11) is 0. The molecule has 1 aromatic heterocycles. The van der Waals surface area contributed by atoms with E-state index in [1.54, 1.807) is 0 Å². The first-order valence-electron chi connectivity index (χ1n) is 6.73. The number of nitrogens with one attached hydrogen (secondary N) is 1. The summed E-state index contributed by atoms with van der Waals surface area (Å²) < 4.78 is 4.55. The summed E-state index contributed by atoms with van der Waals surface area (Å²) in [5.41, 5.74) is 6.70. The van der Waals surface area contributed by atoms with E-state index in [0.29, 0.717) is 23.7 Å². The van der Waals surface area contributed by atoms with Crippen molar-refractivity contribution < 1.29 is 9.42 Å². The number of nitrogens with two attached hydrogens (primary N) is 1. The Labute approximate surface area is 126 Å². The van der Waals surface area contributed by atoms with Gasteiger partial charge in [-0.25, -0.2) is 4.63 Å². The lowest BCUT2D eigenvalue weighted by Crippen LogP contribution is -2.31. The van der Waals surface area contributed by atoms with Crippen LogP contribution in [0, 0.1) is 0 Å². The van der Waals surface area contributed by atoms with E-state index in [2.05, 4.69) is 20.3 Å². The first kappa shape index (κ1) is 13.9. The first-order valence-corrected chi connectivity index (χ1v) is 7.11. The smallest absolute Gasteiger partial charge is 0.215 e. The van der Waals surface area contributed by atoms with Crippen LogP contribution in [0.1, 0.15) is 30.7 Å². The average Bonchev–Trinajstić information content (AvgIpc) is 2.84. The maximum Gasteiger partial charge on any atom is 0.215 e. The first-order chi connectivity index (χ1) is 10.1. The van der Waals surface area contributed by atoms with Crippen molar-refractivity contribution in [2.24, 2.45) is 0 Å². The number of Topliss-reactive ketones (excluding diaryl/α,β-unsaturated/α-hetero) is 1. The number of ketones is 1. The van der Waals surface area contributed by atoms with Crippen molar-refractivity contribution in [1.29, 1.82) is 0 Å². The molecule has 1 aromatic carbocycles. The van der Waals surface area contributed by atoms with Crippen molar-refractivity contribution in [3.05, 3.63) is 34.9 Å². The second kappa shape index (κ2) is 5.73. The lowest BCUT2D eigenvalue weighted by molar-refractivity contribution is -0.120. The van der Waals surface area contributed by atoms with Crippen LogP contribution < -0.4 is 11.1 Å². The minimum atomic E-state index is -0.0376. The van der Waals surface area contributed by atoms with E-state index >= 15 is 0 Å². The van der Waals surface area contributed by atoms with Crippen molar-refractivity contribution >= 4 is 29.0 Å². The summed E-state index contributed by atoms with van der Waals surface area (Å²) in [4.78, 5) is 12.0. The van der Waals surface area contributed by atoms with Crippen LogP contribution in [0.4, 0.5) is 11.6 Å². The predicted molar refractivity (Wildman–Crippen MR) is 79.2 cm³/mol. The van der Waals surface area contributed by atoms with Crippen molar-refractivity contribution in [1.82, 2.24) is 10.3 Å². The van der Waals surface area contributed by atoms with Gasteiger partial charge >= 0.3 is 0 Å². The molecule has 2 aromatic rings. The molecule has 2 atom stereocenters. The Kier molecular flexibility index (Phi) is 3.79. The van der Waals surface area contributed by atoms with Gasteiger partial charge in [0.15, 0.2) is 0 Å². The van der Waals surface area contributed by atoms with Gasteiger partial charge in [0.25, 0.3) is 0 Å². The van der Waals surface area contributed by atoms with Gasteiger partial charge in [-0.15, -0.1) is 0 Å². The molecule has 1 fully saturated rings. The topological polar surface area (TPSA) is 94.0 Å². The molecule has 3 N–H and O–H groups in total. The van der Waals surface area contributed by atoms with Crippen LogP contribution in [-0.4, -0.2) is 22.1 Å². The Bertz CT molecular complexity index is 658. The summed E-state index contributed by atoms with van der Waals surface area (Å²) >= 11 is 6.02. The van der Waals surface area contributed by atoms with Gasteiger partial charge in [-0.3, -0.25) is 4.79 Å². The zero-order valence-electron chi connectivity index (χ0n) is 11.3. The number of rotatable bonds is 3. The number of hydrogen-bond donors (Lipinski definition) is 2. The molecule has 0 radical (unpaired) electrons. The molecule has 7 heteroatoms. The molecule has 1 aliphatic rings. The van der Waals surface area contributed by atoms with Crippen LogP contribution in [0.15, 0.2) is 28.9 Å². The number of nitrogen functional groups attached to an aromatic ring is 1. The predicted octanol–water partition coefficient (Wildman–Crippen LogP) is 2.62. The van der Waals surface area contributed by atoms with Crippen molar-refractivity contribution in [2.45, 2.75) is 31.2 Å². The van der Waals surface area contributed by atoms with Gasteiger partial charge in [-0.05, 0) is 40.3 Å². The fraction of sp³-hybridized carbons (Fsp3) is 0.357. The van der Waals surface area contributed by atoms with Gasteiger partial charge in [-0.1, -0.05) is 23.7 Å². The third kappa shape index (κ3) is 3.16. The number of halogens is 1. The lowest BCUT2D eigenvalue weighted by Gasteiger charge is -2.29. The van der Waals surface area contributed by atoms with E-state index < -0.39 is 0 Å². The number of aromatic nitrogens is 2. The Morgan fingerprint density at radius 1 is 1.33 bits per heavy atom. The normalized spacial score (nSPS) is 22.2. The Balaban J connectivity index is 1.75. The molecule has 21 heavy (non-hydrogen) atoms. The summed E-state index contributed by atoms with van der Waals surface area (Å²) in [6.45, 7) is 0. The van der Waals surface area contributed by atoms with Crippen molar-refractivity contribution in [2.75, 3.05) is 11.1 Å². The van der Waals surface area contributed by atoms with Gasteiger partial charge in [0, 0.05) is 23.9 Å². The minimum Gasteiger partial charge on any atom is -0.378 e. The molecular formula is C14H15ClN4O2.